The summed E-state index contributed by atoms with van der Waals surface area (Å²) in [6, 6.07) is 0. The van der Waals surface area contributed by atoms with Crippen LogP contribution in [0, 0.1) is 0 Å². The molecule has 0 fully saturated rings. The Labute approximate surface area is 59.7 Å². The van der Waals surface area contributed by atoms with Gasteiger partial charge in [-0.2, -0.15) is 0 Å². The van der Waals surface area contributed by atoms with Crippen molar-refractivity contribution in [1.29, 1.82) is 0 Å². The average molecular weight is 139 g/mol. The number of hydrogen-bond acceptors (Lipinski definition) is 2. The molecule has 1 heterocycles. The predicted octanol–water partition coefficient (Wildman–Crippen LogP) is 2.21. The van der Waals surface area contributed by atoms with E-state index in [1.807, 2.05) is 17.6 Å². The highest BCUT2D eigenvalue weighted by atomic mass is 32.2. The maximum absolute atomic E-state index is 3.64. The van der Waals surface area contributed by atoms with Crippen molar-refractivity contribution in [2.75, 3.05) is 0 Å². The van der Waals surface area contributed by atoms with Gasteiger partial charge >= 0.3 is 0 Å². The molecule has 1 nitrogen and oxygen atoms in total. The first-order valence-corrected chi connectivity index (χ1v) is 3.69. The van der Waals surface area contributed by atoms with E-state index < -0.39 is 0 Å². The van der Waals surface area contributed by atoms with Crippen LogP contribution in [0.15, 0.2) is 35.9 Å². The molecule has 0 saturated heterocycles. The zero-order valence-corrected chi connectivity index (χ0v) is 5.95. The first-order valence-electron chi connectivity index (χ1n) is 2.82. The quantitative estimate of drug-likeness (QED) is 0.465. The van der Waals surface area contributed by atoms with Gasteiger partial charge in [0.05, 0.1) is 0 Å². The molecule has 0 spiro atoms. The lowest BCUT2D eigenvalue weighted by atomic mass is 10.3. The fraction of sp³-hybridized carbons (Fsp3) is 0.143. The van der Waals surface area contributed by atoms with Crippen LogP contribution in [0.3, 0.4) is 0 Å². The molecule has 0 aromatic rings. The second-order valence-electron chi connectivity index (χ2n) is 1.73. The molecule has 0 saturated carbocycles. The Morgan fingerprint density at radius 2 is 2.67 bits per heavy atom. The molecule has 0 unspecified atom stereocenters. The fourth-order valence-corrected chi connectivity index (χ4v) is 1.13. The molecule has 1 N–H and O–H groups in total. The average Bonchev–Trinajstić information content (AvgIpc) is 1.91. The van der Waals surface area contributed by atoms with E-state index in [-0.39, 0.29) is 0 Å². The van der Waals surface area contributed by atoms with E-state index in [2.05, 4.69) is 17.4 Å². The minimum Gasteiger partial charge on any atom is -0.330 e. The Kier molecular flexibility index (Phi) is 2.46. The van der Waals surface area contributed by atoms with Gasteiger partial charge in [-0.25, -0.2) is 0 Å². The van der Waals surface area contributed by atoms with Crippen molar-refractivity contribution in [3.05, 3.63) is 35.9 Å². The third-order valence-electron chi connectivity index (χ3n) is 0.998. The van der Waals surface area contributed by atoms with Crippen LogP contribution >= 0.6 is 11.9 Å². The van der Waals surface area contributed by atoms with Crippen LogP contribution < -0.4 is 4.72 Å². The van der Waals surface area contributed by atoms with Gasteiger partial charge in [0, 0.05) is 12.1 Å². The molecule has 0 bridgehead atoms. The van der Waals surface area contributed by atoms with Crippen LogP contribution in [0.25, 0.3) is 0 Å². The summed E-state index contributed by atoms with van der Waals surface area (Å²) in [5.74, 6) is 0. The third kappa shape index (κ3) is 1.98. The molecule has 0 aliphatic carbocycles. The van der Waals surface area contributed by atoms with E-state index in [1.165, 1.54) is 5.70 Å². The molecule has 0 aromatic heterocycles. The number of hydrogen-bond donors (Lipinski definition) is 1. The summed E-state index contributed by atoms with van der Waals surface area (Å²) in [5, 5.41) is 2.01. The lowest BCUT2D eigenvalue weighted by molar-refractivity contribution is 1.10. The molecule has 0 atom stereocenters. The van der Waals surface area contributed by atoms with Gasteiger partial charge < -0.3 is 4.72 Å². The van der Waals surface area contributed by atoms with Gasteiger partial charge in [-0.05, 0) is 23.4 Å². The van der Waals surface area contributed by atoms with Crippen LogP contribution in [0.1, 0.15) is 6.42 Å². The van der Waals surface area contributed by atoms with Gasteiger partial charge in [-0.3, -0.25) is 0 Å². The predicted molar refractivity (Wildman–Crippen MR) is 42.8 cm³/mol. The lowest BCUT2D eigenvalue weighted by Gasteiger charge is -2.07. The molecule has 1 rings (SSSR count). The molecule has 2 heteroatoms. The monoisotopic (exact) mass is 139 g/mol. The van der Waals surface area contributed by atoms with Crippen molar-refractivity contribution in [2.45, 2.75) is 6.42 Å². The van der Waals surface area contributed by atoms with Crippen molar-refractivity contribution in [3.63, 3.8) is 0 Å². The zero-order valence-electron chi connectivity index (χ0n) is 5.13. The standard InChI is InChI=1S/C7H9NS/c1-2-4-7-5-3-6-9-8-7/h2-3,5-6,8H,1,4H2. The Morgan fingerprint density at radius 3 is 3.22 bits per heavy atom. The highest BCUT2D eigenvalue weighted by Gasteiger charge is 1.93. The van der Waals surface area contributed by atoms with Gasteiger partial charge in [0.2, 0.25) is 0 Å². The van der Waals surface area contributed by atoms with Crippen molar-refractivity contribution in [2.24, 2.45) is 0 Å². The first-order chi connectivity index (χ1) is 4.43. The fourth-order valence-electron chi connectivity index (χ4n) is 0.604. The topological polar surface area (TPSA) is 12.0 Å². The summed E-state index contributed by atoms with van der Waals surface area (Å²) < 4.78 is 3.14. The van der Waals surface area contributed by atoms with Gasteiger partial charge in [0.15, 0.2) is 0 Å². The largest absolute Gasteiger partial charge is 0.330 e. The second-order valence-corrected chi connectivity index (χ2v) is 2.45. The lowest BCUT2D eigenvalue weighted by Crippen LogP contribution is -2.02. The summed E-state index contributed by atoms with van der Waals surface area (Å²) in [4.78, 5) is 0. The van der Waals surface area contributed by atoms with E-state index in [4.69, 9.17) is 0 Å². The van der Waals surface area contributed by atoms with E-state index in [0.29, 0.717) is 0 Å². The number of rotatable bonds is 2. The highest BCUT2D eigenvalue weighted by Crippen LogP contribution is 2.10. The molecular formula is C7H9NS. The maximum Gasteiger partial charge on any atom is 0.0251 e. The van der Waals surface area contributed by atoms with E-state index in [0.717, 1.165) is 6.42 Å². The normalized spacial score (nSPS) is 16.2. The Morgan fingerprint density at radius 1 is 1.78 bits per heavy atom. The Hall–Kier alpha value is -0.630. The summed E-state index contributed by atoms with van der Waals surface area (Å²) in [7, 11) is 0. The van der Waals surface area contributed by atoms with Crippen LogP contribution in [0.4, 0.5) is 0 Å². The first kappa shape index (κ1) is 6.49. The van der Waals surface area contributed by atoms with Crippen LogP contribution in [0.2, 0.25) is 0 Å². The van der Waals surface area contributed by atoms with E-state index in [9.17, 15) is 0 Å². The summed E-state index contributed by atoms with van der Waals surface area (Å²) >= 11 is 1.60. The summed E-state index contributed by atoms with van der Waals surface area (Å²) in [5.41, 5.74) is 1.22. The van der Waals surface area contributed by atoms with E-state index >= 15 is 0 Å². The van der Waals surface area contributed by atoms with Crippen molar-refractivity contribution >= 4 is 11.9 Å². The van der Waals surface area contributed by atoms with Crippen LogP contribution in [0.5, 0.6) is 0 Å². The third-order valence-corrected chi connectivity index (χ3v) is 1.67. The second kappa shape index (κ2) is 3.41. The van der Waals surface area contributed by atoms with Gasteiger partial charge in [0.25, 0.3) is 0 Å². The molecule has 1 aliphatic rings. The molecule has 9 heavy (non-hydrogen) atoms. The van der Waals surface area contributed by atoms with E-state index in [1.54, 1.807) is 11.9 Å². The molecular weight excluding hydrogens is 130 g/mol. The van der Waals surface area contributed by atoms with Gasteiger partial charge in [-0.1, -0.05) is 12.2 Å². The molecule has 0 radical (unpaired) electrons. The van der Waals surface area contributed by atoms with Gasteiger partial charge in [-0.15, -0.1) is 6.58 Å². The van der Waals surface area contributed by atoms with Crippen LogP contribution in [-0.4, -0.2) is 0 Å². The minimum atomic E-state index is 0.928. The van der Waals surface area contributed by atoms with Gasteiger partial charge in [0.1, 0.15) is 0 Å². The Balaban J connectivity index is 2.47. The minimum absolute atomic E-state index is 0.928. The smallest absolute Gasteiger partial charge is 0.0251 e. The van der Waals surface area contributed by atoms with Crippen molar-refractivity contribution in [1.82, 2.24) is 4.72 Å². The number of nitrogens with one attached hydrogen (secondary N) is 1. The summed E-state index contributed by atoms with van der Waals surface area (Å²) in [6.45, 7) is 3.64. The molecule has 48 valence electrons. The maximum atomic E-state index is 3.64. The highest BCUT2D eigenvalue weighted by molar-refractivity contribution is 8.00. The molecule has 0 amide bonds. The van der Waals surface area contributed by atoms with Crippen molar-refractivity contribution < 1.29 is 0 Å². The SMILES string of the molecule is C=CCC1=CC=CSN1. The van der Waals surface area contributed by atoms with Crippen LogP contribution in [-0.2, 0) is 0 Å². The summed E-state index contributed by atoms with van der Waals surface area (Å²) in [6.07, 6.45) is 6.90. The number of allylic oxidation sites excluding steroid dienone is 3. The zero-order chi connectivity index (χ0) is 6.53. The van der Waals surface area contributed by atoms with Crippen molar-refractivity contribution in [3.8, 4) is 0 Å². The molecule has 1 aliphatic heterocycles. The molecule has 0 aromatic carbocycles. The Bertz CT molecular complexity index is 158.